The van der Waals surface area contributed by atoms with Crippen LogP contribution in [-0.4, -0.2) is 61.1 Å². The lowest BCUT2D eigenvalue weighted by atomic mass is 10.2. The lowest BCUT2D eigenvalue weighted by molar-refractivity contribution is -0.135. The van der Waals surface area contributed by atoms with Gasteiger partial charge >= 0.3 is 5.97 Å². The molecule has 154 valence electrons. The lowest BCUT2D eigenvalue weighted by Crippen LogP contribution is -2.49. The number of benzene rings is 2. The Labute approximate surface area is 176 Å². The van der Waals surface area contributed by atoms with Gasteiger partial charge in [0.25, 0.3) is 5.91 Å². The molecule has 0 unspecified atom stereocenters. The van der Waals surface area contributed by atoms with E-state index in [9.17, 15) is 9.59 Å². The summed E-state index contributed by atoms with van der Waals surface area (Å²) in [4.78, 5) is 28.6. The van der Waals surface area contributed by atoms with Gasteiger partial charge in [-0.2, -0.15) is 0 Å². The van der Waals surface area contributed by atoms with Crippen LogP contribution in [0.15, 0.2) is 48.5 Å². The van der Waals surface area contributed by atoms with Crippen molar-refractivity contribution in [1.29, 1.82) is 0 Å². The van der Waals surface area contributed by atoms with Gasteiger partial charge < -0.3 is 14.4 Å². The first-order chi connectivity index (χ1) is 14.1. The summed E-state index contributed by atoms with van der Waals surface area (Å²) in [5.74, 6) is -0.179. The molecule has 7 heteroatoms. The molecule has 0 radical (unpaired) electrons. The number of esters is 1. The molecule has 1 amide bonds. The van der Waals surface area contributed by atoms with Crippen molar-refractivity contribution in [3.63, 3.8) is 0 Å². The molecule has 6 nitrogen and oxygen atoms in total. The minimum atomic E-state index is -0.452. The van der Waals surface area contributed by atoms with E-state index >= 15 is 0 Å². The molecule has 1 heterocycles. The van der Waals surface area contributed by atoms with Crippen molar-refractivity contribution in [1.82, 2.24) is 9.80 Å². The molecule has 29 heavy (non-hydrogen) atoms. The van der Waals surface area contributed by atoms with Gasteiger partial charge in [-0.05, 0) is 36.8 Å². The standard InChI is InChI=1S/C22H25ClN2O4/c1-2-28-22(27)19-5-3-4-6-20(19)29-16-21(26)25-13-11-24(12-14-25)15-17-7-9-18(23)10-8-17/h3-10H,2,11-16H2,1H3. The second-order valence-electron chi connectivity index (χ2n) is 6.79. The zero-order chi connectivity index (χ0) is 20.6. The molecule has 1 saturated heterocycles. The van der Waals surface area contributed by atoms with Gasteiger partial charge in [0.1, 0.15) is 11.3 Å². The lowest BCUT2D eigenvalue weighted by Gasteiger charge is -2.34. The van der Waals surface area contributed by atoms with Crippen molar-refractivity contribution in [2.24, 2.45) is 0 Å². The predicted molar refractivity (Wildman–Crippen MR) is 111 cm³/mol. The summed E-state index contributed by atoms with van der Waals surface area (Å²) in [6, 6.07) is 14.6. The molecule has 0 atom stereocenters. The van der Waals surface area contributed by atoms with E-state index in [1.807, 2.05) is 24.3 Å². The minimum Gasteiger partial charge on any atom is -0.483 e. The van der Waals surface area contributed by atoms with E-state index in [1.165, 1.54) is 5.56 Å². The van der Waals surface area contributed by atoms with Gasteiger partial charge in [0.2, 0.25) is 0 Å². The minimum absolute atomic E-state index is 0.0881. The molecule has 1 aliphatic heterocycles. The number of piperazine rings is 1. The second kappa shape index (κ2) is 10.3. The molecule has 0 bridgehead atoms. The molecular weight excluding hydrogens is 392 g/mol. The Balaban J connectivity index is 1.48. The van der Waals surface area contributed by atoms with Crippen LogP contribution in [-0.2, 0) is 16.1 Å². The van der Waals surface area contributed by atoms with Crippen LogP contribution in [0.1, 0.15) is 22.8 Å². The van der Waals surface area contributed by atoms with Gasteiger partial charge in [0.05, 0.1) is 6.61 Å². The number of hydrogen-bond acceptors (Lipinski definition) is 5. The van der Waals surface area contributed by atoms with E-state index in [0.717, 1.165) is 24.7 Å². The van der Waals surface area contributed by atoms with Crippen molar-refractivity contribution in [3.05, 3.63) is 64.7 Å². The van der Waals surface area contributed by atoms with Crippen LogP contribution in [0.25, 0.3) is 0 Å². The zero-order valence-corrected chi connectivity index (χ0v) is 17.2. The molecule has 0 spiro atoms. The van der Waals surface area contributed by atoms with Crippen LogP contribution >= 0.6 is 11.6 Å². The number of rotatable bonds is 7. The Morgan fingerprint density at radius 2 is 1.69 bits per heavy atom. The van der Waals surface area contributed by atoms with Gasteiger partial charge in [-0.25, -0.2) is 4.79 Å². The number of carbonyl (C=O) groups excluding carboxylic acids is 2. The van der Waals surface area contributed by atoms with E-state index in [4.69, 9.17) is 21.1 Å². The summed E-state index contributed by atoms with van der Waals surface area (Å²) in [6.45, 7) is 5.66. The second-order valence-corrected chi connectivity index (χ2v) is 7.23. The van der Waals surface area contributed by atoms with Crippen molar-refractivity contribution in [2.45, 2.75) is 13.5 Å². The Morgan fingerprint density at radius 1 is 1.00 bits per heavy atom. The summed E-state index contributed by atoms with van der Waals surface area (Å²) < 4.78 is 10.7. The van der Waals surface area contributed by atoms with Gasteiger partial charge in [-0.3, -0.25) is 9.69 Å². The highest BCUT2D eigenvalue weighted by Crippen LogP contribution is 2.19. The SMILES string of the molecule is CCOC(=O)c1ccccc1OCC(=O)N1CCN(Cc2ccc(Cl)cc2)CC1. The first-order valence-corrected chi connectivity index (χ1v) is 10.1. The van der Waals surface area contributed by atoms with E-state index in [-0.39, 0.29) is 19.1 Å². The van der Waals surface area contributed by atoms with E-state index in [2.05, 4.69) is 4.90 Å². The largest absolute Gasteiger partial charge is 0.483 e. The monoisotopic (exact) mass is 416 g/mol. The van der Waals surface area contributed by atoms with Crippen LogP contribution < -0.4 is 4.74 Å². The first-order valence-electron chi connectivity index (χ1n) is 9.70. The highest BCUT2D eigenvalue weighted by atomic mass is 35.5. The highest BCUT2D eigenvalue weighted by molar-refractivity contribution is 6.30. The fourth-order valence-electron chi connectivity index (χ4n) is 3.20. The molecule has 0 aromatic heterocycles. The fraction of sp³-hybridized carbons (Fsp3) is 0.364. The van der Waals surface area contributed by atoms with E-state index in [1.54, 1.807) is 36.1 Å². The molecule has 1 aliphatic rings. The number of carbonyl (C=O) groups is 2. The molecular formula is C22H25ClN2O4. The summed E-state index contributed by atoms with van der Waals surface area (Å²) in [5, 5.41) is 0.730. The first kappa shape index (κ1) is 21.1. The van der Waals surface area contributed by atoms with Crippen LogP contribution in [0.2, 0.25) is 5.02 Å². The third-order valence-electron chi connectivity index (χ3n) is 4.78. The quantitative estimate of drug-likeness (QED) is 0.648. The molecule has 0 aliphatic carbocycles. The zero-order valence-electron chi connectivity index (χ0n) is 16.5. The van der Waals surface area contributed by atoms with Crippen LogP contribution in [0, 0.1) is 0 Å². The molecule has 1 fully saturated rings. The third kappa shape index (κ3) is 5.95. The van der Waals surface area contributed by atoms with Gasteiger partial charge in [-0.15, -0.1) is 0 Å². The molecule has 2 aromatic carbocycles. The maximum Gasteiger partial charge on any atom is 0.341 e. The van der Waals surface area contributed by atoms with Gasteiger partial charge in [0.15, 0.2) is 6.61 Å². The molecule has 0 N–H and O–H groups in total. The number of amides is 1. The van der Waals surface area contributed by atoms with Crippen molar-refractivity contribution in [3.8, 4) is 5.75 Å². The van der Waals surface area contributed by atoms with Crippen molar-refractivity contribution in [2.75, 3.05) is 39.4 Å². The van der Waals surface area contributed by atoms with Crippen LogP contribution in [0.5, 0.6) is 5.75 Å². The molecule has 3 rings (SSSR count). The fourth-order valence-corrected chi connectivity index (χ4v) is 3.33. The van der Waals surface area contributed by atoms with Crippen molar-refractivity contribution < 1.29 is 19.1 Å². The maximum absolute atomic E-state index is 12.5. The summed E-state index contributed by atoms with van der Waals surface area (Å²) in [6.07, 6.45) is 0. The average molecular weight is 417 g/mol. The number of halogens is 1. The van der Waals surface area contributed by atoms with E-state index < -0.39 is 5.97 Å². The average Bonchev–Trinajstić information content (AvgIpc) is 2.74. The normalized spacial score (nSPS) is 14.5. The number of para-hydroxylation sites is 1. The Morgan fingerprint density at radius 3 is 2.38 bits per heavy atom. The van der Waals surface area contributed by atoms with Crippen LogP contribution in [0.3, 0.4) is 0 Å². The summed E-state index contributed by atoms with van der Waals surface area (Å²) in [5.41, 5.74) is 1.53. The summed E-state index contributed by atoms with van der Waals surface area (Å²) in [7, 11) is 0. The van der Waals surface area contributed by atoms with Crippen molar-refractivity contribution >= 4 is 23.5 Å². The highest BCUT2D eigenvalue weighted by Gasteiger charge is 2.22. The summed E-state index contributed by atoms with van der Waals surface area (Å²) >= 11 is 5.93. The Kier molecular flexibility index (Phi) is 7.49. The number of ether oxygens (including phenoxy) is 2. The van der Waals surface area contributed by atoms with Gasteiger partial charge in [0, 0.05) is 37.7 Å². The maximum atomic E-state index is 12.5. The molecule has 0 saturated carbocycles. The third-order valence-corrected chi connectivity index (χ3v) is 5.03. The topological polar surface area (TPSA) is 59.1 Å². The van der Waals surface area contributed by atoms with Gasteiger partial charge in [-0.1, -0.05) is 35.9 Å². The Hall–Kier alpha value is -2.57. The molecule has 2 aromatic rings. The number of nitrogens with zero attached hydrogens (tertiary/aromatic N) is 2. The smallest absolute Gasteiger partial charge is 0.341 e. The number of hydrogen-bond donors (Lipinski definition) is 0. The van der Waals surface area contributed by atoms with E-state index in [0.29, 0.717) is 24.4 Å². The Bertz CT molecular complexity index is 833. The van der Waals surface area contributed by atoms with Crippen LogP contribution in [0.4, 0.5) is 0 Å². The predicted octanol–water partition coefficient (Wildman–Crippen LogP) is 3.24.